The maximum atomic E-state index is 11.6. The highest BCUT2D eigenvalue weighted by Gasteiger charge is 2.27. The molecule has 1 aromatic heterocycles. The number of guanidine groups is 1. The van der Waals surface area contributed by atoms with Crippen LogP contribution in [0.15, 0.2) is 46.0 Å². The zero-order chi connectivity index (χ0) is 18.4. The van der Waals surface area contributed by atoms with Gasteiger partial charge in [0.25, 0.3) is 0 Å². The Morgan fingerprint density at radius 3 is 2.73 bits per heavy atom. The van der Waals surface area contributed by atoms with Gasteiger partial charge in [0.1, 0.15) is 6.26 Å². The van der Waals surface area contributed by atoms with Crippen molar-refractivity contribution in [3.8, 4) is 11.5 Å². The molecule has 1 aliphatic rings. The van der Waals surface area contributed by atoms with E-state index in [1.54, 1.807) is 13.3 Å². The second kappa shape index (κ2) is 8.51. The molecule has 0 aliphatic carbocycles. The summed E-state index contributed by atoms with van der Waals surface area (Å²) in [6.45, 7) is 2.07. The predicted molar refractivity (Wildman–Crippen MR) is 98.5 cm³/mol. The van der Waals surface area contributed by atoms with Crippen LogP contribution >= 0.6 is 0 Å². The Morgan fingerprint density at radius 1 is 1.35 bits per heavy atom. The molecular formula is C19H24N4O3. The number of aromatic nitrogens is 1. The monoisotopic (exact) mass is 356 g/mol. The summed E-state index contributed by atoms with van der Waals surface area (Å²) in [6, 6.07) is 9.80. The minimum absolute atomic E-state index is 0.0154. The van der Waals surface area contributed by atoms with Gasteiger partial charge in [-0.2, -0.15) is 0 Å². The number of oxazole rings is 1. The Hall–Kier alpha value is -2.83. The maximum Gasteiger partial charge on any atom is 0.308 e. The molecule has 1 aliphatic heterocycles. The van der Waals surface area contributed by atoms with Gasteiger partial charge in [-0.3, -0.25) is 9.79 Å². The maximum absolute atomic E-state index is 11.6. The number of piperidine rings is 1. The Morgan fingerprint density at radius 2 is 2.08 bits per heavy atom. The number of hydrogen-bond acceptors (Lipinski definition) is 5. The number of hydrogen-bond donors (Lipinski definition) is 1. The van der Waals surface area contributed by atoms with Gasteiger partial charge in [0.05, 0.1) is 25.3 Å². The number of ether oxygens (including phenoxy) is 1. The molecule has 1 fully saturated rings. The molecule has 7 nitrogen and oxygen atoms in total. The summed E-state index contributed by atoms with van der Waals surface area (Å²) in [4.78, 5) is 22.6. The Labute approximate surface area is 153 Å². The quantitative estimate of drug-likeness (QED) is 0.514. The van der Waals surface area contributed by atoms with E-state index in [0.717, 1.165) is 43.1 Å². The number of aliphatic imine (C=N–C) groups is 1. The van der Waals surface area contributed by atoms with Crippen molar-refractivity contribution in [2.75, 3.05) is 27.2 Å². The van der Waals surface area contributed by atoms with Gasteiger partial charge in [0.2, 0.25) is 5.89 Å². The van der Waals surface area contributed by atoms with Crippen LogP contribution in [0.5, 0.6) is 0 Å². The van der Waals surface area contributed by atoms with E-state index in [0.29, 0.717) is 12.4 Å². The fraction of sp³-hybridized carbons (Fsp3) is 0.421. The molecule has 2 heterocycles. The molecule has 138 valence electrons. The minimum atomic E-state index is -0.122. The molecule has 7 heteroatoms. The van der Waals surface area contributed by atoms with Crippen molar-refractivity contribution >= 4 is 11.9 Å². The minimum Gasteiger partial charge on any atom is -0.469 e. The summed E-state index contributed by atoms with van der Waals surface area (Å²) in [5.41, 5.74) is 1.77. The zero-order valence-corrected chi connectivity index (χ0v) is 15.1. The van der Waals surface area contributed by atoms with Gasteiger partial charge < -0.3 is 19.4 Å². The van der Waals surface area contributed by atoms with E-state index in [1.165, 1.54) is 7.11 Å². The number of benzene rings is 1. The third-order valence-electron chi connectivity index (χ3n) is 4.54. The lowest BCUT2D eigenvalue weighted by Gasteiger charge is -2.33. The van der Waals surface area contributed by atoms with Gasteiger partial charge in [-0.25, -0.2) is 4.98 Å². The van der Waals surface area contributed by atoms with E-state index in [-0.39, 0.29) is 11.9 Å². The third-order valence-corrected chi connectivity index (χ3v) is 4.54. The van der Waals surface area contributed by atoms with Crippen molar-refractivity contribution in [2.45, 2.75) is 19.4 Å². The van der Waals surface area contributed by atoms with Crippen LogP contribution in [-0.4, -0.2) is 49.1 Å². The highest BCUT2D eigenvalue weighted by Crippen LogP contribution is 2.19. The van der Waals surface area contributed by atoms with Gasteiger partial charge in [0.15, 0.2) is 5.96 Å². The summed E-state index contributed by atoms with van der Waals surface area (Å²) in [7, 11) is 3.20. The molecule has 0 bridgehead atoms. The average Bonchev–Trinajstić information content (AvgIpc) is 3.18. The van der Waals surface area contributed by atoms with Gasteiger partial charge >= 0.3 is 5.97 Å². The predicted octanol–water partition coefficient (Wildman–Crippen LogP) is 2.30. The molecule has 0 spiro atoms. The summed E-state index contributed by atoms with van der Waals surface area (Å²) < 4.78 is 10.4. The Bertz CT molecular complexity index is 749. The van der Waals surface area contributed by atoms with E-state index in [9.17, 15) is 4.79 Å². The molecule has 1 N–H and O–H groups in total. The van der Waals surface area contributed by atoms with Crippen LogP contribution in [0.1, 0.15) is 18.5 Å². The second-order valence-electron chi connectivity index (χ2n) is 6.20. The van der Waals surface area contributed by atoms with E-state index in [2.05, 4.69) is 20.2 Å². The summed E-state index contributed by atoms with van der Waals surface area (Å²) in [5, 5.41) is 3.32. The SMILES string of the molecule is CN=C(NCc1coc(-c2ccccc2)n1)N1CCC(C(=O)OC)CC1. The van der Waals surface area contributed by atoms with Crippen LogP contribution in [0, 0.1) is 5.92 Å². The lowest BCUT2D eigenvalue weighted by atomic mass is 9.97. The van der Waals surface area contributed by atoms with Crippen molar-refractivity contribution in [2.24, 2.45) is 10.9 Å². The van der Waals surface area contributed by atoms with Gasteiger partial charge in [-0.15, -0.1) is 0 Å². The molecule has 3 rings (SSSR count). The number of rotatable bonds is 4. The summed E-state index contributed by atoms with van der Waals surface area (Å²) in [5.74, 6) is 1.27. The fourth-order valence-electron chi connectivity index (χ4n) is 3.10. The van der Waals surface area contributed by atoms with Gasteiger partial charge in [-0.1, -0.05) is 18.2 Å². The largest absolute Gasteiger partial charge is 0.469 e. The normalized spacial score (nSPS) is 15.8. The Balaban J connectivity index is 1.54. The number of carbonyl (C=O) groups excluding carboxylic acids is 1. The van der Waals surface area contributed by atoms with E-state index in [1.807, 2.05) is 30.3 Å². The number of esters is 1. The van der Waals surface area contributed by atoms with Crippen molar-refractivity contribution in [1.82, 2.24) is 15.2 Å². The molecule has 0 amide bonds. The number of methoxy groups -OCH3 is 1. The van der Waals surface area contributed by atoms with E-state index >= 15 is 0 Å². The van der Waals surface area contributed by atoms with Crippen molar-refractivity contribution < 1.29 is 13.9 Å². The molecule has 2 aromatic rings. The second-order valence-corrected chi connectivity index (χ2v) is 6.20. The summed E-state index contributed by atoms with van der Waals surface area (Å²) in [6.07, 6.45) is 3.21. The summed E-state index contributed by atoms with van der Waals surface area (Å²) >= 11 is 0. The molecular weight excluding hydrogens is 332 g/mol. The average molecular weight is 356 g/mol. The number of likely N-dealkylation sites (tertiary alicyclic amines) is 1. The van der Waals surface area contributed by atoms with Crippen LogP contribution < -0.4 is 5.32 Å². The smallest absolute Gasteiger partial charge is 0.308 e. The first-order valence-electron chi connectivity index (χ1n) is 8.74. The van der Waals surface area contributed by atoms with Crippen LogP contribution in [0.2, 0.25) is 0 Å². The molecule has 0 saturated carbocycles. The molecule has 0 atom stereocenters. The first-order chi connectivity index (χ1) is 12.7. The lowest BCUT2D eigenvalue weighted by molar-refractivity contribution is -0.146. The van der Waals surface area contributed by atoms with Crippen molar-refractivity contribution in [3.63, 3.8) is 0 Å². The number of nitrogens with zero attached hydrogens (tertiary/aromatic N) is 3. The third kappa shape index (κ3) is 4.22. The lowest BCUT2D eigenvalue weighted by Crippen LogP contribution is -2.46. The van der Waals surface area contributed by atoms with Crippen LogP contribution in [-0.2, 0) is 16.1 Å². The number of nitrogens with one attached hydrogen (secondary N) is 1. The van der Waals surface area contributed by atoms with Crippen LogP contribution in [0.25, 0.3) is 11.5 Å². The topological polar surface area (TPSA) is 80.0 Å². The van der Waals surface area contributed by atoms with Crippen molar-refractivity contribution in [1.29, 1.82) is 0 Å². The zero-order valence-electron chi connectivity index (χ0n) is 15.1. The van der Waals surface area contributed by atoms with Crippen LogP contribution in [0.4, 0.5) is 0 Å². The highest BCUT2D eigenvalue weighted by molar-refractivity contribution is 5.80. The molecule has 1 aromatic carbocycles. The van der Waals surface area contributed by atoms with Crippen LogP contribution in [0.3, 0.4) is 0 Å². The molecule has 0 radical (unpaired) electrons. The highest BCUT2D eigenvalue weighted by atomic mass is 16.5. The first-order valence-corrected chi connectivity index (χ1v) is 8.74. The molecule has 0 unspecified atom stereocenters. The standard InChI is InChI=1S/C19H24N4O3/c1-20-19(23-10-8-15(9-11-23)18(24)25-2)21-12-16-13-26-17(22-16)14-6-4-3-5-7-14/h3-7,13,15H,8-12H2,1-2H3,(H,20,21). The first kappa shape index (κ1) is 18.0. The molecule has 26 heavy (non-hydrogen) atoms. The van der Waals surface area contributed by atoms with Crippen molar-refractivity contribution in [3.05, 3.63) is 42.3 Å². The van der Waals surface area contributed by atoms with E-state index in [4.69, 9.17) is 9.15 Å². The molecule has 1 saturated heterocycles. The van der Waals surface area contributed by atoms with Gasteiger partial charge in [-0.05, 0) is 25.0 Å². The van der Waals surface area contributed by atoms with E-state index < -0.39 is 0 Å². The number of carbonyl (C=O) groups is 1. The Kier molecular flexibility index (Phi) is 5.88. The van der Waals surface area contributed by atoms with Gasteiger partial charge in [0, 0.05) is 25.7 Å². The fourth-order valence-corrected chi connectivity index (χ4v) is 3.10.